The van der Waals surface area contributed by atoms with Crippen molar-refractivity contribution in [3.8, 4) is 0 Å². The lowest BCUT2D eigenvalue weighted by Gasteiger charge is -2.14. The molecule has 0 fully saturated rings. The fourth-order valence-corrected chi connectivity index (χ4v) is 5.57. The number of aryl methyl sites for hydroxylation is 2. The lowest BCUT2D eigenvalue weighted by Crippen LogP contribution is -2.26. The second-order valence-corrected chi connectivity index (χ2v) is 9.59. The van der Waals surface area contributed by atoms with Gasteiger partial charge in [0.25, 0.3) is 5.56 Å². The maximum Gasteiger partial charge on any atom is 0.268 e. The average Bonchev–Trinajstić information content (AvgIpc) is 3.10. The third-order valence-electron chi connectivity index (χ3n) is 4.89. The predicted octanol–water partition coefficient (Wildman–Crippen LogP) is 4.86. The van der Waals surface area contributed by atoms with Crippen molar-refractivity contribution in [1.82, 2.24) is 9.55 Å². The van der Waals surface area contributed by atoms with Gasteiger partial charge in [-0.3, -0.25) is 9.36 Å². The summed E-state index contributed by atoms with van der Waals surface area (Å²) < 4.78 is 1.90. The Morgan fingerprint density at radius 1 is 1.04 bits per heavy atom. The number of thioether (sulfide) groups is 2. The van der Waals surface area contributed by atoms with Crippen molar-refractivity contribution in [2.45, 2.75) is 48.0 Å². The molecule has 5 heteroatoms. The highest BCUT2D eigenvalue weighted by molar-refractivity contribution is 8.00. The van der Waals surface area contributed by atoms with Crippen molar-refractivity contribution >= 4 is 23.5 Å². The molecule has 0 spiro atoms. The van der Waals surface area contributed by atoms with Gasteiger partial charge in [0.2, 0.25) is 0 Å². The summed E-state index contributed by atoms with van der Waals surface area (Å²) in [5, 5.41) is 1.30. The average molecular weight is 409 g/mol. The molecule has 0 saturated carbocycles. The van der Waals surface area contributed by atoms with E-state index in [4.69, 9.17) is 4.98 Å². The van der Waals surface area contributed by atoms with Crippen molar-refractivity contribution < 1.29 is 0 Å². The zero-order chi connectivity index (χ0) is 19.3. The standard InChI is InChI=1S/C23H24N2OS2/c1-17-16-20-21(28-17)22(26)25(14-12-18-8-4-2-5-9-18)23(24-20)27-15-13-19-10-6-3-7-11-19/h2-11,17H,12-16H2,1H3/t17-/m0/s1. The van der Waals surface area contributed by atoms with Crippen molar-refractivity contribution in [1.29, 1.82) is 0 Å². The molecule has 2 aromatic carbocycles. The van der Waals surface area contributed by atoms with E-state index in [-0.39, 0.29) is 5.56 Å². The smallest absolute Gasteiger partial charge is 0.268 e. The van der Waals surface area contributed by atoms with Crippen LogP contribution in [0.2, 0.25) is 0 Å². The SMILES string of the molecule is C[C@H]1Cc2nc(SCCc3ccccc3)n(CCc3ccccc3)c(=O)c2S1. The molecular formula is C23H24N2OS2. The Bertz CT molecular complexity index is 987. The third-order valence-corrected chi connectivity index (χ3v) is 7.09. The summed E-state index contributed by atoms with van der Waals surface area (Å²) in [6.07, 6.45) is 2.71. The van der Waals surface area contributed by atoms with E-state index < -0.39 is 0 Å². The molecular weight excluding hydrogens is 384 g/mol. The first kappa shape index (κ1) is 19.3. The van der Waals surface area contributed by atoms with E-state index in [1.54, 1.807) is 23.5 Å². The molecule has 0 saturated heterocycles. The Hall–Kier alpha value is -1.98. The number of hydrogen-bond donors (Lipinski definition) is 0. The summed E-state index contributed by atoms with van der Waals surface area (Å²) in [6, 6.07) is 20.8. The lowest BCUT2D eigenvalue weighted by atomic mass is 10.1. The van der Waals surface area contributed by atoms with E-state index in [1.807, 2.05) is 28.8 Å². The second-order valence-electron chi connectivity index (χ2n) is 7.08. The van der Waals surface area contributed by atoms with Crippen LogP contribution < -0.4 is 5.56 Å². The van der Waals surface area contributed by atoms with Gasteiger partial charge in [0.05, 0.1) is 10.6 Å². The van der Waals surface area contributed by atoms with E-state index in [1.165, 1.54) is 11.1 Å². The first-order valence-corrected chi connectivity index (χ1v) is 11.6. The number of nitrogens with zero attached hydrogens (tertiary/aromatic N) is 2. The number of aromatic nitrogens is 2. The zero-order valence-corrected chi connectivity index (χ0v) is 17.6. The minimum absolute atomic E-state index is 0.137. The van der Waals surface area contributed by atoms with Gasteiger partial charge in [0.15, 0.2) is 5.16 Å². The van der Waals surface area contributed by atoms with Gasteiger partial charge in [-0.2, -0.15) is 0 Å². The fraction of sp³-hybridized carbons (Fsp3) is 0.304. The summed E-state index contributed by atoms with van der Waals surface area (Å²) in [5.74, 6) is 0.920. The molecule has 3 nitrogen and oxygen atoms in total. The van der Waals surface area contributed by atoms with Crippen molar-refractivity contribution in [2.75, 3.05) is 5.75 Å². The molecule has 1 aliphatic heterocycles. The normalized spacial score (nSPS) is 15.5. The van der Waals surface area contributed by atoms with E-state index in [2.05, 4.69) is 43.3 Å². The van der Waals surface area contributed by atoms with Crippen LogP contribution in [0.4, 0.5) is 0 Å². The van der Waals surface area contributed by atoms with Gasteiger partial charge < -0.3 is 0 Å². The molecule has 0 bridgehead atoms. The number of benzene rings is 2. The molecule has 0 radical (unpaired) electrons. The Morgan fingerprint density at radius 3 is 2.36 bits per heavy atom. The second kappa shape index (κ2) is 9.01. The highest BCUT2D eigenvalue weighted by Gasteiger charge is 2.26. The highest BCUT2D eigenvalue weighted by atomic mass is 32.2. The molecule has 28 heavy (non-hydrogen) atoms. The van der Waals surface area contributed by atoms with Crippen molar-refractivity contribution in [3.63, 3.8) is 0 Å². The Kier molecular flexibility index (Phi) is 6.23. The number of rotatable bonds is 7. The van der Waals surface area contributed by atoms with E-state index in [9.17, 15) is 4.79 Å². The van der Waals surface area contributed by atoms with Crippen LogP contribution >= 0.6 is 23.5 Å². The van der Waals surface area contributed by atoms with Crippen LogP contribution in [0.25, 0.3) is 0 Å². The Morgan fingerprint density at radius 2 is 1.68 bits per heavy atom. The molecule has 0 aliphatic carbocycles. The van der Waals surface area contributed by atoms with Gasteiger partial charge in [-0.05, 0) is 24.0 Å². The molecule has 0 unspecified atom stereocenters. The van der Waals surface area contributed by atoms with Gasteiger partial charge in [0, 0.05) is 24.0 Å². The molecule has 1 atom stereocenters. The molecule has 144 valence electrons. The van der Waals surface area contributed by atoms with E-state index in [0.29, 0.717) is 11.8 Å². The first-order valence-electron chi connectivity index (χ1n) is 9.72. The van der Waals surface area contributed by atoms with E-state index in [0.717, 1.165) is 40.8 Å². The molecule has 3 aromatic rings. The van der Waals surface area contributed by atoms with Crippen LogP contribution in [0, 0.1) is 0 Å². The lowest BCUT2D eigenvalue weighted by molar-refractivity contribution is 0.564. The minimum atomic E-state index is 0.137. The van der Waals surface area contributed by atoms with Crippen molar-refractivity contribution in [3.05, 3.63) is 87.8 Å². The van der Waals surface area contributed by atoms with Crippen molar-refractivity contribution in [2.24, 2.45) is 0 Å². The van der Waals surface area contributed by atoms with Crippen LogP contribution in [0.15, 0.2) is 75.5 Å². The Labute approximate surface area is 174 Å². The molecule has 4 rings (SSSR count). The molecule has 0 N–H and O–H groups in total. The first-order chi connectivity index (χ1) is 13.7. The topological polar surface area (TPSA) is 34.9 Å². The molecule has 1 aliphatic rings. The zero-order valence-electron chi connectivity index (χ0n) is 16.0. The quantitative estimate of drug-likeness (QED) is 0.413. The maximum absolute atomic E-state index is 13.2. The number of fused-ring (bicyclic) bond motifs is 1. The van der Waals surface area contributed by atoms with Gasteiger partial charge in [-0.15, -0.1) is 11.8 Å². The van der Waals surface area contributed by atoms with Crippen LogP contribution in [-0.4, -0.2) is 20.6 Å². The summed E-state index contributed by atoms with van der Waals surface area (Å²) in [4.78, 5) is 18.9. The summed E-state index contributed by atoms with van der Waals surface area (Å²) in [7, 11) is 0. The fourth-order valence-electron chi connectivity index (χ4n) is 3.43. The molecule has 1 aromatic heterocycles. The monoisotopic (exact) mass is 408 g/mol. The largest absolute Gasteiger partial charge is 0.286 e. The maximum atomic E-state index is 13.2. The van der Waals surface area contributed by atoms with Crippen LogP contribution in [0.3, 0.4) is 0 Å². The summed E-state index contributed by atoms with van der Waals surface area (Å²) in [5.41, 5.74) is 3.69. The van der Waals surface area contributed by atoms with Gasteiger partial charge in [-0.25, -0.2) is 4.98 Å². The molecule has 0 amide bonds. The summed E-state index contributed by atoms with van der Waals surface area (Å²) >= 11 is 3.38. The van der Waals surface area contributed by atoms with Gasteiger partial charge in [-0.1, -0.05) is 79.3 Å². The summed E-state index contributed by atoms with van der Waals surface area (Å²) in [6.45, 7) is 2.84. The minimum Gasteiger partial charge on any atom is -0.286 e. The third kappa shape index (κ3) is 4.53. The van der Waals surface area contributed by atoms with Crippen LogP contribution in [-0.2, 0) is 25.8 Å². The van der Waals surface area contributed by atoms with E-state index >= 15 is 0 Å². The van der Waals surface area contributed by atoms with Gasteiger partial charge in [0.1, 0.15) is 0 Å². The van der Waals surface area contributed by atoms with Crippen LogP contribution in [0.5, 0.6) is 0 Å². The van der Waals surface area contributed by atoms with Crippen LogP contribution in [0.1, 0.15) is 23.7 Å². The van der Waals surface area contributed by atoms with Gasteiger partial charge >= 0.3 is 0 Å². The predicted molar refractivity (Wildman–Crippen MR) is 119 cm³/mol. The Balaban J connectivity index is 1.55. The highest BCUT2D eigenvalue weighted by Crippen LogP contribution is 2.34. The number of hydrogen-bond acceptors (Lipinski definition) is 4. The molecule has 2 heterocycles.